The van der Waals surface area contributed by atoms with Crippen molar-refractivity contribution in [2.75, 3.05) is 18.1 Å². The summed E-state index contributed by atoms with van der Waals surface area (Å²) in [4.78, 5) is 13.0. The molecule has 3 aromatic carbocycles. The molecule has 4 nitrogen and oxygen atoms in total. The van der Waals surface area contributed by atoms with Crippen molar-refractivity contribution < 1.29 is 4.79 Å². The molecule has 1 atom stereocenters. The van der Waals surface area contributed by atoms with Gasteiger partial charge in [0.25, 0.3) is 0 Å². The van der Waals surface area contributed by atoms with E-state index in [2.05, 4.69) is 27.5 Å². The molecule has 31 heavy (non-hydrogen) atoms. The first kappa shape index (κ1) is 22.0. The van der Waals surface area contributed by atoms with Crippen LogP contribution in [-0.4, -0.2) is 24.0 Å². The molecule has 0 aliphatic carbocycles. The molecule has 1 amide bonds. The van der Waals surface area contributed by atoms with Gasteiger partial charge in [-0.1, -0.05) is 77.3 Å². The molecule has 160 valence electrons. The second-order valence-corrected chi connectivity index (χ2v) is 8.83. The average molecular weight is 475 g/mol. The summed E-state index contributed by atoms with van der Waals surface area (Å²) in [6.07, 6.45) is 0. The topological polar surface area (TPSA) is 35.6 Å². The molecular formula is C24H22Cl3N3O. The first-order valence-corrected chi connectivity index (χ1v) is 11.2. The minimum atomic E-state index is -0.192. The number of nitrogens with zero attached hydrogens (tertiary/aromatic N) is 2. The SMILES string of the molecule is O=C(NCc1ccc(Cl)cc1)C1CN(Cc2ccccc2)N(c2ccc(Cl)cc2Cl)C1. The van der Waals surface area contributed by atoms with Crippen molar-refractivity contribution >= 4 is 46.4 Å². The summed E-state index contributed by atoms with van der Waals surface area (Å²) in [5, 5.41) is 9.12. The van der Waals surface area contributed by atoms with Gasteiger partial charge in [-0.3, -0.25) is 4.79 Å². The highest BCUT2D eigenvalue weighted by Crippen LogP contribution is 2.34. The molecule has 1 saturated heterocycles. The van der Waals surface area contributed by atoms with Crippen LogP contribution in [0.5, 0.6) is 0 Å². The maximum atomic E-state index is 13.0. The predicted octanol–water partition coefficient (Wildman–Crippen LogP) is 5.82. The maximum Gasteiger partial charge on any atom is 0.226 e. The predicted molar refractivity (Wildman–Crippen MR) is 127 cm³/mol. The number of rotatable bonds is 6. The molecular weight excluding hydrogens is 453 g/mol. The Hall–Kier alpha value is -2.24. The molecule has 1 N–H and O–H groups in total. The van der Waals surface area contributed by atoms with Crippen LogP contribution in [0.1, 0.15) is 11.1 Å². The molecule has 4 rings (SSSR count). The third kappa shape index (κ3) is 5.52. The monoisotopic (exact) mass is 473 g/mol. The van der Waals surface area contributed by atoms with E-state index < -0.39 is 0 Å². The second kappa shape index (κ2) is 9.92. The van der Waals surface area contributed by atoms with E-state index in [9.17, 15) is 4.79 Å². The van der Waals surface area contributed by atoms with Crippen LogP contribution in [0.2, 0.25) is 15.1 Å². The van der Waals surface area contributed by atoms with Crippen LogP contribution in [0.4, 0.5) is 5.69 Å². The molecule has 0 radical (unpaired) electrons. The van der Waals surface area contributed by atoms with Crippen molar-refractivity contribution in [1.29, 1.82) is 0 Å². The Morgan fingerprint density at radius 1 is 0.871 bits per heavy atom. The van der Waals surface area contributed by atoms with Gasteiger partial charge in [-0.2, -0.15) is 0 Å². The number of anilines is 1. The lowest BCUT2D eigenvalue weighted by molar-refractivity contribution is -0.124. The molecule has 0 spiro atoms. The van der Waals surface area contributed by atoms with E-state index in [-0.39, 0.29) is 11.8 Å². The number of hydrazine groups is 1. The highest BCUT2D eigenvalue weighted by Gasteiger charge is 2.35. The van der Waals surface area contributed by atoms with E-state index in [4.69, 9.17) is 34.8 Å². The number of benzene rings is 3. The van der Waals surface area contributed by atoms with Crippen LogP contribution >= 0.6 is 34.8 Å². The van der Waals surface area contributed by atoms with Crippen LogP contribution in [-0.2, 0) is 17.9 Å². The fourth-order valence-corrected chi connectivity index (χ4v) is 4.35. The Balaban J connectivity index is 1.50. The van der Waals surface area contributed by atoms with Crippen molar-refractivity contribution in [2.24, 2.45) is 5.92 Å². The van der Waals surface area contributed by atoms with Crippen LogP contribution in [0.25, 0.3) is 0 Å². The number of hydrogen-bond acceptors (Lipinski definition) is 3. The number of nitrogens with one attached hydrogen (secondary N) is 1. The third-order valence-electron chi connectivity index (χ3n) is 5.31. The van der Waals surface area contributed by atoms with E-state index in [0.717, 1.165) is 11.3 Å². The standard InChI is InChI=1S/C24H22Cl3N3O/c25-20-8-6-17(7-9-20)13-28-24(31)19-15-29(14-18-4-2-1-3-5-18)30(16-19)23-11-10-21(26)12-22(23)27/h1-12,19H,13-16H2,(H,28,31). The smallest absolute Gasteiger partial charge is 0.226 e. The van der Waals surface area contributed by atoms with Gasteiger partial charge in [-0.05, 0) is 41.5 Å². The van der Waals surface area contributed by atoms with Gasteiger partial charge in [0, 0.05) is 36.2 Å². The van der Waals surface area contributed by atoms with Gasteiger partial charge < -0.3 is 10.3 Å². The molecule has 0 aromatic heterocycles. The molecule has 1 aliphatic heterocycles. The van der Waals surface area contributed by atoms with Crippen molar-refractivity contribution in [3.8, 4) is 0 Å². The molecule has 1 fully saturated rings. The van der Waals surface area contributed by atoms with Gasteiger partial charge in [0.15, 0.2) is 0 Å². The van der Waals surface area contributed by atoms with Gasteiger partial charge in [0.1, 0.15) is 0 Å². The van der Waals surface area contributed by atoms with Gasteiger partial charge in [0.05, 0.1) is 16.6 Å². The summed E-state index contributed by atoms with van der Waals surface area (Å²) >= 11 is 18.5. The van der Waals surface area contributed by atoms with E-state index >= 15 is 0 Å². The zero-order valence-corrected chi connectivity index (χ0v) is 19.0. The van der Waals surface area contributed by atoms with Gasteiger partial charge >= 0.3 is 0 Å². The number of amides is 1. The largest absolute Gasteiger partial charge is 0.352 e. The van der Waals surface area contributed by atoms with E-state index in [0.29, 0.717) is 41.2 Å². The van der Waals surface area contributed by atoms with Crippen molar-refractivity contribution in [3.63, 3.8) is 0 Å². The summed E-state index contributed by atoms with van der Waals surface area (Å²) in [7, 11) is 0. The fourth-order valence-electron chi connectivity index (χ4n) is 3.72. The van der Waals surface area contributed by atoms with Gasteiger partial charge in [0.2, 0.25) is 5.91 Å². The molecule has 1 unspecified atom stereocenters. The minimum absolute atomic E-state index is 0.0144. The maximum absolute atomic E-state index is 13.0. The van der Waals surface area contributed by atoms with Gasteiger partial charge in [-0.25, -0.2) is 5.01 Å². The molecule has 7 heteroatoms. The zero-order chi connectivity index (χ0) is 21.8. The Bertz CT molecular complexity index is 1040. The number of halogens is 3. The Morgan fingerprint density at radius 2 is 1.58 bits per heavy atom. The first-order chi connectivity index (χ1) is 15.0. The summed E-state index contributed by atoms with van der Waals surface area (Å²) in [5.41, 5.74) is 3.02. The Kier molecular flexibility index (Phi) is 7.03. The summed E-state index contributed by atoms with van der Waals surface area (Å²) < 4.78 is 0. The molecule has 0 saturated carbocycles. The van der Waals surface area contributed by atoms with Crippen LogP contribution in [0.15, 0.2) is 72.8 Å². The molecule has 3 aromatic rings. The Morgan fingerprint density at radius 3 is 2.29 bits per heavy atom. The second-order valence-electron chi connectivity index (χ2n) is 7.55. The molecule has 0 bridgehead atoms. The lowest BCUT2D eigenvalue weighted by atomic mass is 10.1. The van der Waals surface area contributed by atoms with Crippen LogP contribution in [0, 0.1) is 5.92 Å². The number of hydrogen-bond donors (Lipinski definition) is 1. The summed E-state index contributed by atoms with van der Waals surface area (Å²) in [6, 6.07) is 23.1. The first-order valence-electron chi connectivity index (χ1n) is 10.0. The fraction of sp³-hybridized carbons (Fsp3) is 0.208. The zero-order valence-electron chi connectivity index (χ0n) is 16.8. The van der Waals surface area contributed by atoms with Crippen molar-refractivity contribution in [3.05, 3.63) is 99.0 Å². The molecule has 1 aliphatic rings. The third-order valence-corrected chi connectivity index (χ3v) is 6.10. The van der Waals surface area contributed by atoms with Crippen LogP contribution < -0.4 is 10.3 Å². The van der Waals surface area contributed by atoms with Crippen molar-refractivity contribution in [1.82, 2.24) is 10.3 Å². The van der Waals surface area contributed by atoms with E-state index in [1.54, 1.807) is 6.07 Å². The average Bonchev–Trinajstić information content (AvgIpc) is 3.17. The lowest BCUT2D eigenvalue weighted by Crippen LogP contribution is -2.36. The molecule has 1 heterocycles. The summed E-state index contributed by atoms with van der Waals surface area (Å²) in [6.45, 7) is 2.29. The minimum Gasteiger partial charge on any atom is -0.352 e. The number of carbonyl (C=O) groups is 1. The number of carbonyl (C=O) groups excluding carboxylic acids is 1. The van der Waals surface area contributed by atoms with Gasteiger partial charge in [-0.15, -0.1) is 0 Å². The van der Waals surface area contributed by atoms with Crippen molar-refractivity contribution in [2.45, 2.75) is 13.1 Å². The van der Waals surface area contributed by atoms with E-state index in [1.165, 1.54) is 5.56 Å². The lowest BCUT2D eigenvalue weighted by Gasteiger charge is -2.30. The quantitative estimate of drug-likeness (QED) is 0.489. The highest BCUT2D eigenvalue weighted by atomic mass is 35.5. The van der Waals surface area contributed by atoms with Crippen LogP contribution in [0.3, 0.4) is 0 Å². The highest BCUT2D eigenvalue weighted by molar-refractivity contribution is 6.36. The Labute approximate surface area is 197 Å². The van der Waals surface area contributed by atoms with E-state index in [1.807, 2.05) is 54.6 Å². The normalized spacial score (nSPS) is 16.5. The summed E-state index contributed by atoms with van der Waals surface area (Å²) in [5.74, 6) is -0.177.